The van der Waals surface area contributed by atoms with Crippen molar-refractivity contribution in [1.29, 1.82) is 0 Å². The van der Waals surface area contributed by atoms with E-state index in [-0.39, 0.29) is 11.8 Å². The van der Waals surface area contributed by atoms with E-state index in [2.05, 4.69) is 23.5 Å². The average Bonchev–Trinajstić information content (AvgIpc) is 2.55. The van der Waals surface area contributed by atoms with Crippen molar-refractivity contribution in [2.45, 2.75) is 51.4 Å². The third-order valence-corrected chi connectivity index (χ3v) is 3.43. The molecule has 0 aromatic rings. The van der Waals surface area contributed by atoms with E-state index in [1.807, 2.05) is 12.2 Å². The molecule has 0 spiro atoms. The third kappa shape index (κ3) is 9.13. The molecule has 0 unspecified atom stereocenters. The van der Waals surface area contributed by atoms with Crippen molar-refractivity contribution in [1.82, 2.24) is 10.8 Å². The summed E-state index contributed by atoms with van der Waals surface area (Å²) in [4.78, 5) is 22.4. The first kappa shape index (κ1) is 18.2. The van der Waals surface area contributed by atoms with Gasteiger partial charge in [-0.2, -0.15) is 0 Å². The number of allylic oxidation sites excluding steroid dienone is 5. The smallest absolute Gasteiger partial charge is 0.243 e. The number of nitrogens with one attached hydrogen (secondary N) is 2. The highest BCUT2D eigenvalue weighted by Gasteiger charge is 2.01. The highest BCUT2D eigenvalue weighted by molar-refractivity contribution is 5.76. The van der Waals surface area contributed by atoms with Gasteiger partial charge in [-0.15, -0.1) is 0 Å². The van der Waals surface area contributed by atoms with Gasteiger partial charge in [0, 0.05) is 19.4 Å². The number of hydrogen-bond donors (Lipinski definition) is 3. The summed E-state index contributed by atoms with van der Waals surface area (Å²) >= 11 is 0. The van der Waals surface area contributed by atoms with E-state index < -0.39 is 0 Å². The van der Waals surface area contributed by atoms with Crippen LogP contribution < -0.4 is 10.8 Å². The number of hydrogen-bond acceptors (Lipinski definition) is 3. The molecule has 0 heterocycles. The van der Waals surface area contributed by atoms with E-state index in [1.165, 1.54) is 5.57 Å². The van der Waals surface area contributed by atoms with Crippen molar-refractivity contribution >= 4 is 11.8 Å². The van der Waals surface area contributed by atoms with Gasteiger partial charge in [0.25, 0.3) is 0 Å². The highest BCUT2D eigenvalue weighted by atomic mass is 16.5. The number of carbonyl (C=O) groups is 2. The summed E-state index contributed by atoms with van der Waals surface area (Å²) < 4.78 is 0. The molecule has 0 aliphatic heterocycles. The van der Waals surface area contributed by atoms with Gasteiger partial charge >= 0.3 is 0 Å². The SMILES string of the molecule is O=C(CCCCCCC(=O)NC/C=C/C1=CCCC=C1)NO. The first-order valence-electron chi connectivity index (χ1n) is 7.95. The summed E-state index contributed by atoms with van der Waals surface area (Å²) in [5.41, 5.74) is 2.81. The molecule has 22 heavy (non-hydrogen) atoms. The Kier molecular flexibility index (Phi) is 9.70. The van der Waals surface area contributed by atoms with Crippen molar-refractivity contribution < 1.29 is 14.8 Å². The van der Waals surface area contributed by atoms with Crippen molar-refractivity contribution in [2.75, 3.05) is 6.54 Å². The predicted octanol–water partition coefficient (Wildman–Crippen LogP) is 2.78. The van der Waals surface area contributed by atoms with E-state index in [9.17, 15) is 9.59 Å². The van der Waals surface area contributed by atoms with Gasteiger partial charge in [-0.1, -0.05) is 43.2 Å². The van der Waals surface area contributed by atoms with Crippen molar-refractivity contribution in [3.63, 3.8) is 0 Å². The van der Waals surface area contributed by atoms with Gasteiger partial charge in [-0.05, 0) is 31.3 Å². The minimum absolute atomic E-state index is 0.0610. The van der Waals surface area contributed by atoms with Gasteiger partial charge in [-0.3, -0.25) is 14.8 Å². The first-order valence-corrected chi connectivity index (χ1v) is 7.95. The van der Waals surface area contributed by atoms with Gasteiger partial charge in [0.1, 0.15) is 0 Å². The summed E-state index contributed by atoms with van der Waals surface area (Å²) in [6.45, 7) is 0.556. The first-order chi connectivity index (χ1) is 10.7. The molecule has 0 fully saturated rings. The number of hydroxylamine groups is 1. The molecule has 2 amide bonds. The van der Waals surface area contributed by atoms with E-state index >= 15 is 0 Å². The summed E-state index contributed by atoms with van der Waals surface area (Å²) in [5, 5.41) is 11.2. The Morgan fingerprint density at radius 1 is 1.09 bits per heavy atom. The summed E-state index contributed by atoms with van der Waals surface area (Å²) in [5.74, 6) is -0.293. The normalized spacial score (nSPS) is 14.0. The fraction of sp³-hybridized carbons (Fsp3) is 0.529. The molecule has 3 N–H and O–H groups in total. The monoisotopic (exact) mass is 306 g/mol. The zero-order chi connectivity index (χ0) is 16.0. The number of carbonyl (C=O) groups excluding carboxylic acids is 2. The lowest BCUT2D eigenvalue weighted by Crippen LogP contribution is -2.22. The maximum Gasteiger partial charge on any atom is 0.243 e. The maximum absolute atomic E-state index is 11.6. The molecule has 1 aliphatic rings. The Morgan fingerprint density at radius 3 is 2.45 bits per heavy atom. The highest BCUT2D eigenvalue weighted by Crippen LogP contribution is 2.10. The Labute approximate surface area is 132 Å². The van der Waals surface area contributed by atoms with Gasteiger partial charge < -0.3 is 5.32 Å². The molecule has 0 aromatic carbocycles. The maximum atomic E-state index is 11.6. The largest absolute Gasteiger partial charge is 0.353 e. The molecule has 0 bridgehead atoms. The molecule has 0 saturated carbocycles. The van der Waals surface area contributed by atoms with Crippen molar-refractivity contribution in [2.24, 2.45) is 0 Å². The predicted molar refractivity (Wildman–Crippen MR) is 86.2 cm³/mol. The summed E-state index contributed by atoms with van der Waals surface area (Å²) in [6.07, 6.45) is 16.8. The molecule has 1 aliphatic carbocycles. The number of amides is 2. The van der Waals surface area contributed by atoms with Crippen LogP contribution in [0, 0.1) is 0 Å². The zero-order valence-corrected chi connectivity index (χ0v) is 13.0. The topological polar surface area (TPSA) is 78.4 Å². The molecule has 122 valence electrons. The lowest BCUT2D eigenvalue weighted by atomic mass is 10.1. The molecule has 0 saturated heterocycles. The van der Waals surface area contributed by atoms with Crippen LogP contribution in [0.5, 0.6) is 0 Å². The van der Waals surface area contributed by atoms with Gasteiger partial charge in [0.15, 0.2) is 0 Å². The quantitative estimate of drug-likeness (QED) is 0.330. The molecular weight excluding hydrogens is 280 g/mol. The third-order valence-electron chi connectivity index (χ3n) is 3.43. The molecule has 1 rings (SSSR count). The summed E-state index contributed by atoms with van der Waals surface area (Å²) in [6, 6.07) is 0. The van der Waals surface area contributed by atoms with Crippen LogP contribution in [0.3, 0.4) is 0 Å². The lowest BCUT2D eigenvalue weighted by molar-refractivity contribution is -0.129. The van der Waals surface area contributed by atoms with E-state index in [0.29, 0.717) is 19.4 Å². The van der Waals surface area contributed by atoms with Crippen LogP contribution in [0.1, 0.15) is 51.4 Å². The Balaban J connectivity index is 1.97. The van der Waals surface area contributed by atoms with Gasteiger partial charge in [0.2, 0.25) is 11.8 Å². The fourth-order valence-electron chi connectivity index (χ4n) is 2.19. The fourth-order valence-corrected chi connectivity index (χ4v) is 2.19. The summed E-state index contributed by atoms with van der Waals surface area (Å²) in [7, 11) is 0. The molecule has 5 nitrogen and oxygen atoms in total. The number of rotatable bonds is 10. The lowest BCUT2D eigenvalue weighted by Gasteiger charge is -2.04. The molecule has 0 radical (unpaired) electrons. The Bertz CT molecular complexity index is 439. The second-order valence-electron chi connectivity index (χ2n) is 5.34. The minimum atomic E-state index is -0.354. The molecule has 5 heteroatoms. The Hall–Kier alpha value is -1.88. The molecule has 0 aromatic heterocycles. The van der Waals surface area contributed by atoms with E-state index in [1.54, 1.807) is 5.48 Å². The second-order valence-corrected chi connectivity index (χ2v) is 5.34. The van der Waals surface area contributed by atoms with Crippen LogP contribution in [0.25, 0.3) is 0 Å². The zero-order valence-electron chi connectivity index (χ0n) is 13.0. The molecule has 0 atom stereocenters. The van der Waals surface area contributed by atoms with Gasteiger partial charge in [0.05, 0.1) is 0 Å². The van der Waals surface area contributed by atoms with Crippen LogP contribution in [0.4, 0.5) is 0 Å². The van der Waals surface area contributed by atoms with Crippen molar-refractivity contribution in [3.8, 4) is 0 Å². The molecular formula is C17H26N2O3. The van der Waals surface area contributed by atoms with Crippen LogP contribution in [0.15, 0.2) is 36.0 Å². The van der Waals surface area contributed by atoms with Crippen LogP contribution >= 0.6 is 0 Å². The van der Waals surface area contributed by atoms with E-state index in [4.69, 9.17) is 5.21 Å². The van der Waals surface area contributed by atoms with Gasteiger partial charge in [-0.25, -0.2) is 5.48 Å². The number of unbranched alkanes of at least 4 members (excludes halogenated alkanes) is 3. The average molecular weight is 306 g/mol. The van der Waals surface area contributed by atoms with Crippen LogP contribution in [0.2, 0.25) is 0 Å². The second kappa shape index (κ2) is 11.7. The minimum Gasteiger partial charge on any atom is -0.353 e. The van der Waals surface area contributed by atoms with Crippen LogP contribution in [-0.4, -0.2) is 23.6 Å². The standard InChI is InChI=1S/C17H26N2O3/c20-16(12-6-1-2-7-13-17(21)19-22)18-14-8-11-15-9-4-3-5-10-15/h4,8-11,22H,1-3,5-7,12-14H2,(H,18,20)(H,19,21)/b11-8+. The van der Waals surface area contributed by atoms with E-state index in [0.717, 1.165) is 38.5 Å². The van der Waals surface area contributed by atoms with Crippen molar-refractivity contribution in [3.05, 3.63) is 36.0 Å². The Morgan fingerprint density at radius 2 is 1.82 bits per heavy atom. The van der Waals surface area contributed by atoms with Crippen LogP contribution in [-0.2, 0) is 9.59 Å².